The maximum atomic E-state index is 11.2. The third kappa shape index (κ3) is 2.56. The van der Waals surface area contributed by atoms with Crippen LogP contribution in [0, 0.1) is 6.92 Å². The molecule has 1 heteroatoms. The van der Waals surface area contributed by atoms with Gasteiger partial charge in [0.1, 0.15) is 0 Å². The number of carbonyl (C=O) groups is 1. The van der Waals surface area contributed by atoms with E-state index in [0.717, 1.165) is 17.6 Å². The summed E-state index contributed by atoms with van der Waals surface area (Å²) >= 11 is 0. The van der Waals surface area contributed by atoms with E-state index in [1.165, 1.54) is 5.56 Å². The van der Waals surface area contributed by atoms with Gasteiger partial charge >= 0.3 is 0 Å². The number of aryl methyl sites for hydroxylation is 1. The van der Waals surface area contributed by atoms with Gasteiger partial charge in [-0.15, -0.1) is 0 Å². The second-order valence-electron chi connectivity index (χ2n) is 3.44. The van der Waals surface area contributed by atoms with E-state index < -0.39 is 0 Å². The largest absolute Gasteiger partial charge is 0.295 e. The van der Waals surface area contributed by atoms with Gasteiger partial charge < -0.3 is 0 Å². The fourth-order valence-electron chi connectivity index (χ4n) is 1.39. The predicted octanol–water partition coefficient (Wildman–Crippen LogP) is 3.38. The molecule has 0 aliphatic heterocycles. The Balaban J connectivity index is 3.07. The Labute approximate surface area is 85.5 Å². The summed E-state index contributed by atoms with van der Waals surface area (Å²) in [5.41, 5.74) is 3.23. The van der Waals surface area contributed by atoms with Crippen LogP contribution in [0.5, 0.6) is 0 Å². The van der Waals surface area contributed by atoms with Gasteiger partial charge in [0, 0.05) is 0 Å². The Morgan fingerprint density at radius 3 is 2.50 bits per heavy atom. The summed E-state index contributed by atoms with van der Waals surface area (Å²) in [5.74, 6) is 0.163. The standard InChI is InChI=1S/C13H16O/c1-4-12(11(3)14)9-13-8-6-5-7-10(13)2/h5-9H,4H2,1-3H3/b12-9+. The van der Waals surface area contributed by atoms with E-state index in [1.54, 1.807) is 6.92 Å². The van der Waals surface area contributed by atoms with Gasteiger partial charge in [0.25, 0.3) is 0 Å². The van der Waals surface area contributed by atoms with Crippen molar-refractivity contribution in [1.29, 1.82) is 0 Å². The molecule has 14 heavy (non-hydrogen) atoms. The first-order valence-electron chi connectivity index (χ1n) is 4.92. The lowest BCUT2D eigenvalue weighted by atomic mass is 10.0. The molecule has 1 aromatic carbocycles. The molecule has 0 amide bonds. The predicted molar refractivity (Wildman–Crippen MR) is 60.1 cm³/mol. The summed E-state index contributed by atoms with van der Waals surface area (Å²) in [7, 11) is 0. The second-order valence-corrected chi connectivity index (χ2v) is 3.44. The summed E-state index contributed by atoms with van der Waals surface area (Å²) < 4.78 is 0. The van der Waals surface area contributed by atoms with Gasteiger partial charge in [-0.3, -0.25) is 4.79 Å². The Morgan fingerprint density at radius 2 is 2.00 bits per heavy atom. The van der Waals surface area contributed by atoms with E-state index >= 15 is 0 Å². The minimum atomic E-state index is 0.163. The van der Waals surface area contributed by atoms with Gasteiger partial charge in [-0.1, -0.05) is 31.2 Å². The van der Waals surface area contributed by atoms with Crippen LogP contribution in [0.2, 0.25) is 0 Å². The molecule has 0 bridgehead atoms. The molecule has 1 nitrogen and oxygen atoms in total. The van der Waals surface area contributed by atoms with Gasteiger partial charge in [-0.25, -0.2) is 0 Å². The minimum absolute atomic E-state index is 0.163. The van der Waals surface area contributed by atoms with Gasteiger partial charge in [0.2, 0.25) is 0 Å². The van der Waals surface area contributed by atoms with Gasteiger partial charge in [0.15, 0.2) is 5.78 Å². The zero-order chi connectivity index (χ0) is 10.6. The number of rotatable bonds is 3. The van der Waals surface area contributed by atoms with Crippen molar-refractivity contribution in [2.45, 2.75) is 27.2 Å². The zero-order valence-electron chi connectivity index (χ0n) is 9.00. The number of hydrogen-bond donors (Lipinski definition) is 0. The Morgan fingerprint density at radius 1 is 1.36 bits per heavy atom. The molecule has 0 fully saturated rings. The van der Waals surface area contributed by atoms with Gasteiger partial charge in [0.05, 0.1) is 0 Å². The molecular weight excluding hydrogens is 172 g/mol. The van der Waals surface area contributed by atoms with E-state index in [-0.39, 0.29) is 5.78 Å². The normalized spacial score (nSPS) is 11.5. The van der Waals surface area contributed by atoms with Crippen LogP contribution in [0.3, 0.4) is 0 Å². The highest BCUT2D eigenvalue weighted by molar-refractivity contribution is 5.97. The van der Waals surface area contributed by atoms with Crippen molar-refractivity contribution in [2.75, 3.05) is 0 Å². The molecule has 0 spiro atoms. The number of carbonyl (C=O) groups excluding carboxylic acids is 1. The fourth-order valence-corrected chi connectivity index (χ4v) is 1.39. The number of benzene rings is 1. The molecule has 0 saturated heterocycles. The topological polar surface area (TPSA) is 17.1 Å². The molecule has 0 saturated carbocycles. The molecule has 0 aliphatic rings. The molecule has 0 radical (unpaired) electrons. The summed E-state index contributed by atoms with van der Waals surface area (Å²) in [5, 5.41) is 0. The van der Waals surface area contributed by atoms with Crippen LogP contribution in [0.15, 0.2) is 29.8 Å². The first-order chi connectivity index (χ1) is 6.65. The Kier molecular flexibility index (Phi) is 3.63. The van der Waals surface area contributed by atoms with Crippen LogP contribution in [0.4, 0.5) is 0 Å². The van der Waals surface area contributed by atoms with Crippen molar-refractivity contribution >= 4 is 11.9 Å². The SMILES string of the molecule is CC/C(=C\c1ccccc1C)C(C)=O. The monoisotopic (exact) mass is 188 g/mol. The van der Waals surface area contributed by atoms with Gasteiger partial charge in [-0.05, 0) is 43.0 Å². The van der Waals surface area contributed by atoms with Crippen LogP contribution in [0.25, 0.3) is 6.08 Å². The average molecular weight is 188 g/mol. The van der Waals surface area contributed by atoms with Crippen molar-refractivity contribution in [3.8, 4) is 0 Å². The summed E-state index contributed by atoms with van der Waals surface area (Å²) in [6.45, 7) is 5.68. The number of hydrogen-bond acceptors (Lipinski definition) is 1. The van der Waals surface area contributed by atoms with Crippen LogP contribution in [-0.4, -0.2) is 5.78 Å². The van der Waals surface area contributed by atoms with E-state index in [0.29, 0.717) is 0 Å². The molecule has 0 N–H and O–H groups in total. The zero-order valence-corrected chi connectivity index (χ0v) is 9.00. The van der Waals surface area contributed by atoms with Crippen LogP contribution in [0.1, 0.15) is 31.4 Å². The summed E-state index contributed by atoms with van der Waals surface area (Å²) in [6, 6.07) is 8.09. The maximum Gasteiger partial charge on any atom is 0.155 e. The molecular formula is C13H16O. The van der Waals surface area contributed by atoms with Crippen molar-refractivity contribution in [2.24, 2.45) is 0 Å². The van der Waals surface area contributed by atoms with E-state index in [9.17, 15) is 4.79 Å². The van der Waals surface area contributed by atoms with Crippen molar-refractivity contribution in [1.82, 2.24) is 0 Å². The first-order valence-corrected chi connectivity index (χ1v) is 4.92. The van der Waals surface area contributed by atoms with Crippen LogP contribution in [-0.2, 0) is 4.79 Å². The van der Waals surface area contributed by atoms with E-state index in [1.807, 2.05) is 31.2 Å². The minimum Gasteiger partial charge on any atom is -0.295 e. The molecule has 1 aromatic rings. The molecule has 1 rings (SSSR count). The average Bonchev–Trinajstić information content (AvgIpc) is 2.16. The smallest absolute Gasteiger partial charge is 0.155 e. The molecule has 0 aliphatic carbocycles. The highest BCUT2D eigenvalue weighted by Crippen LogP contribution is 2.14. The van der Waals surface area contributed by atoms with Crippen LogP contribution >= 0.6 is 0 Å². The third-order valence-corrected chi connectivity index (χ3v) is 2.35. The lowest BCUT2D eigenvalue weighted by molar-refractivity contribution is -0.113. The number of ketones is 1. The third-order valence-electron chi connectivity index (χ3n) is 2.35. The van der Waals surface area contributed by atoms with Crippen LogP contribution < -0.4 is 0 Å². The highest BCUT2D eigenvalue weighted by atomic mass is 16.1. The lowest BCUT2D eigenvalue weighted by Crippen LogP contribution is -1.95. The highest BCUT2D eigenvalue weighted by Gasteiger charge is 2.01. The fraction of sp³-hybridized carbons (Fsp3) is 0.308. The molecule has 74 valence electrons. The Bertz CT molecular complexity index is 361. The van der Waals surface area contributed by atoms with E-state index in [2.05, 4.69) is 13.0 Å². The van der Waals surface area contributed by atoms with Crippen molar-refractivity contribution in [3.05, 3.63) is 41.0 Å². The lowest BCUT2D eigenvalue weighted by Gasteiger charge is -2.02. The quantitative estimate of drug-likeness (QED) is 0.664. The number of Topliss-reactive ketones (excluding diaryl/α,β-unsaturated/α-hetero) is 1. The summed E-state index contributed by atoms with van der Waals surface area (Å²) in [6.07, 6.45) is 2.78. The molecule has 0 heterocycles. The Hall–Kier alpha value is -1.37. The maximum absolute atomic E-state index is 11.2. The van der Waals surface area contributed by atoms with E-state index in [4.69, 9.17) is 0 Å². The first kappa shape index (κ1) is 10.7. The summed E-state index contributed by atoms with van der Waals surface area (Å²) in [4.78, 5) is 11.2. The second kappa shape index (κ2) is 4.75. The molecule has 0 atom stereocenters. The number of allylic oxidation sites excluding steroid dienone is 1. The molecule has 0 aromatic heterocycles. The van der Waals surface area contributed by atoms with Crippen molar-refractivity contribution < 1.29 is 4.79 Å². The van der Waals surface area contributed by atoms with Gasteiger partial charge in [-0.2, -0.15) is 0 Å². The van der Waals surface area contributed by atoms with Crippen molar-refractivity contribution in [3.63, 3.8) is 0 Å². The molecule has 0 unspecified atom stereocenters.